The van der Waals surface area contributed by atoms with Crippen LogP contribution in [0, 0.1) is 0 Å². The minimum atomic E-state index is -5.84. The summed E-state index contributed by atoms with van der Waals surface area (Å²) >= 11 is 12.3. The van der Waals surface area contributed by atoms with Gasteiger partial charge in [0.15, 0.2) is 0 Å². The zero-order valence-electron chi connectivity index (χ0n) is 17.4. The third kappa shape index (κ3) is 8.85. The van der Waals surface area contributed by atoms with Crippen LogP contribution in [0.15, 0.2) is 72.0 Å². The van der Waals surface area contributed by atoms with Gasteiger partial charge in [-0.3, -0.25) is 4.55 Å². The third-order valence-corrected chi connectivity index (χ3v) is 5.51. The molecule has 0 aliphatic heterocycles. The van der Waals surface area contributed by atoms with Crippen LogP contribution >= 0.6 is 23.2 Å². The predicted octanol–water partition coefficient (Wildman–Crippen LogP) is 6.23. The van der Waals surface area contributed by atoms with Gasteiger partial charge in [0, 0.05) is 24.0 Å². The lowest BCUT2D eigenvalue weighted by Crippen LogP contribution is -2.21. The molecule has 2 aromatic carbocycles. The molecule has 0 radical (unpaired) electrons. The summed E-state index contributed by atoms with van der Waals surface area (Å²) in [6.07, 6.45) is 5.84. The van der Waals surface area contributed by atoms with E-state index in [0.717, 1.165) is 35.5 Å². The maximum atomic E-state index is 10.7. The quantitative estimate of drug-likeness (QED) is 0.320. The molecule has 1 aromatic heterocycles. The van der Waals surface area contributed by atoms with Crippen molar-refractivity contribution in [2.75, 3.05) is 0 Å². The highest BCUT2D eigenvalue weighted by Crippen LogP contribution is 2.20. The zero-order valence-corrected chi connectivity index (χ0v) is 19.8. The molecule has 0 aliphatic rings. The number of benzene rings is 2. The smallest absolute Gasteiger partial charge is 0.353 e. The van der Waals surface area contributed by atoms with E-state index in [2.05, 4.69) is 36.2 Å². The minimum absolute atomic E-state index is 0.663. The molecular weight excluding hydrogens is 500 g/mol. The molecule has 1 heterocycles. The van der Waals surface area contributed by atoms with E-state index >= 15 is 0 Å². The summed E-state index contributed by atoms with van der Waals surface area (Å²) < 4.78 is 59.6. The van der Waals surface area contributed by atoms with Crippen LogP contribution < -0.4 is 5.36 Å². The number of hydrogen-bond acceptors (Lipinski definition) is 3. The fraction of sp³-hybridized carbons (Fsp3) is 0.227. The second-order valence-electron chi connectivity index (χ2n) is 6.84. The average Bonchev–Trinajstić information content (AvgIpc) is 2.74. The molecule has 0 atom stereocenters. The maximum Gasteiger partial charge on any atom is 0.522 e. The van der Waals surface area contributed by atoms with E-state index in [1.54, 1.807) is 0 Å². The van der Waals surface area contributed by atoms with Crippen LogP contribution in [0.5, 0.6) is 0 Å². The van der Waals surface area contributed by atoms with Crippen molar-refractivity contribution in [2.24, 2.45) is 4.99 Å². The van der Waals surface area contributed by atoms with Crippen LogP contribution in [-0.4, -0.2) is 23.0 Å². The minimum Gasteiger partial charge on any atom is -0.353 e. The van der Waals surface area contributed by atoms with Crippen molar-refractivity contribution in [2.45, 2.75) is 31.8 Å². The number of aryl methyl sites for hydroxylation is 3. The highest BCUT2D eigenvalue weighted by atomic mass is 35.5. The largest absolute Gasteiger partial charge is 0.522 e. The molecule has 1 N–H and O–H groups in total. The Morgan fingerprint density at radius 2 is 1.61 bits per heavy atom. The van der Waals surface area contributed by atoms with Crippen molar-refractivity contribution in [1.82, 2.24) is 4.57 Å². The van der Waals surface area contributed by atoms with Gasteiger partial charge >= 0.3 is 15.6 Å². The molecule has 0 saturated carbocycles. The van der Waals surface area contributed by atoms with Gasteiger partial charge in [-0.2, -0.15) is 21.6 Å². The zero-order chi connectivity index (χ0) is 24.6. The van der Waals surface area contributed by atoms with Gasteiger partial charge in [-0.25, -0.2) is 4.99 Å². The van der Waals surface area contributed by atoms with E-state index in [1.165, 1.54) is 11.1 Å². The summed E-state index contributed by atoms with van der Waals surface area (Å²) in [5.74, 6) is 0. The van der Waals surface area contributed by atoms with E-state index in [9.17, 15) is 13.2 Å². The monoisotopic (exact) mass is 520 g/mol. The first kappa shape index (κ1) is 26.9. The van der Waals surface area contributed by atoms with Crippen LogP contribution in [-0.2, 0) is 29.5 Å². The first-order valence-corrected chi connectivity index (χ1v) is 11.9. The van der Waals surface area contributed by atoms with Crippen LogP contribution in [0.2, 0.25) is 10.0 Å². The van der Waals surface area contributed by atoms with Gasteiger partial charge in [-0.15, -0.1) is 0 Å². The molecule has 0 unspecified atom stereocenters. The first-order valence-electron chi connectivity index (χ1n) is 9.66. The number of hydrogen-bond donors (Lipinski definition) is 1. The van der Waals surface area contributed by atoms with Crippen molar-refractivity contribution in [3.63, 3.8) is 0 Å². The molecular formula is C22H21Cl2F3N2O3S. The Morgan fingerprint density at radius 3 is 2.15 bits per heavy atom. The molecule has 0 amide bonds. The fourth-order valence-corrected chi connectivity index (χ4v) is 3.01. The summed E-state index contributed by atoms with van der Waals surface area (Å²) in [5, 5.41) is 2.23. The summed E-state index contributed by atoms with van der Waals surface area (Å²) in [4.78, 5) is 4.68. The Hall–Kier alpha value is -2.33. The second kappa shape index (κ2) is 11.7. The van der Waals surface area contributed by atoms with Gasteiger partial charge in [0.05, 0.1) is 16.1 Å². The van der Waals surface area contributed by atoms with Gasteiger partial charge in [0.2, 0.25) is 0 Å². The number of halogens is 5. The molecule has 0 saturated heterocycles. The number of pyridine rings is 1. The average molecular weight is 521 g/mol. The van der Waals surface area contributed by atoms with Crippen LogP contribution in [0.4, 0.5) is 18.9 Å². The number of nitrogens with zero attached hydrogens (tertiary/aromatic N) is 2. The molecule has 11 heteroatoms. The number of rotatable bonds is 5. The molecule has 0 bridgehead atoms. The SMILES string of the molecule is CCn1ccc(=Nc2cccc(CCc3ccc(Cl)cc3)c2)c(Cl)c1.O=S(=O)(O)C(F)(F)F. The normalized spacial score (nSPS) is 12.3. The Bertz CT molecular complexity index is 1240. The van der Waals surface area contributed by atoms with Crippen molar-refractivity contribution in [1.29, 1.82) is 0 Å². The van der Waals surface area contributed by atoms with E-state index in [-0.39, 0.29) is 0 Å². The van der Waals surface area contributed by atoms with Crippen LogP contribution in [0.1, 0.15) is 18.1 Å². The lowest BCUT2D eigenvalue weighted by atomic mass is 10.0. The van der Waals surface area contributed by atoms with Crippen LogP contribution in [0.25, 0.3) is 0 Å². The van der Waals surface area contributed by atoms with E-state index in [1.807, 2.05) is 47.3 Å². The van der Waals surface area contributed by atoms with Crippen LogP contribution in [0.3, 0.4) is 0 Å². The van der Waals surface area contributed by atoms with Crippen molar-refractivity contribution in [3.05, 3.63) is 93.5 Å². The molecule has 3 rings (SSSR count). The van der Waals surface area contributed by atoms with E-state index < -0.39 is 15.6 Å². The Labute approximate surface area is 199 Å². The molecule has 0 aliphatic carbocycles. The van der Waals surface area contributed by atoms with Crippen molar-refractivity contribution >= 4 is 39.0 Å². The predicted molar refractivity (Wildman–Crippen MR) is 123 cm³/mol. The van der Waals surface area contributed by atoms with E-state index in [4.69, 9.17) is 36.2 Å². The standard InChI is InChI=1S/C21H20Cl2N2.CHF3O3S/c1-2-25-13-12-21(20(23)15-25)24-19-5-3-4-17(14-19)7-6-16-8-10-18(22)11-9-16;2-1(3,4)8(5,6)7/h3-5,8-15H,2,6-7H2,1H3;(H,5,6,7). The van der Waals surface area contributed by atoms with Gasteiger partial charge in [0.25, 0.3) is 0 Å². The lowest BCUT2D eigenvalue weighted by molar-refractivity contribution is -0.0510. The van der Waals surface area contributed by atoms with Crippen molar-refractivity contribution in [3.8, 4) is 0 Å². The Balaban J connectivity index is 0.000000414. The first-order chi connectivity index (χ1) is 15.4. The van der Waals surface area contributed by atoms with Gasteiger partial charge in [-0.1, -0.05) is 47.5 Å². The third-order valence-electron chi connectivity index (χ3n) is 4.38. The molecule has 178 valence electrons. The highest BCUT2D eigenvalue weighted by molar-refractivity contribution is 7.86. The molecule has 33 heavy (non-hydrogen) atoms. The Morgan fingerprint density at radius 1 is 1.00 bits per heavy atom. The van der Waals surface area contributed by atoms with Gasteiger partial charge in [-0.05, 0) is 61.2 Å². The molecule has 0 fully saturated rings. The summed E-state index contributed by atoms with van der Waals surface area (Å²) in [5.41, 5.74) is -2.08. The fourth-order valence-electron chi connectivity index (χ4n) is 2.65. The molecule has 3 aromatic rings. The lowest BCUT2D eigenvalue weighted by Gasteiger charge is -2.05. The summed E-state index contributed by atoms with van der Waals surface area (Å²) in [7, 11) is -5.84. The highest BCUT2D eigenvalue weighted by Gasteiger charge is 2.44. The Kier molecular flexibility index (Phi) is 9.54. The topological polar surface area (TPSA) is 71.7 Å². The number of aromatic nitrogens is 1. The second-order valence-corrected chi connectivity index (χ2v) is 9.09. The van der Waals surface area contributed by atoms with E-state index in [0.29, 0.717) is 5.02 Å². The van der Waals surface area contributed by atoms with Gasteiger partial charge < -0.3 is 4.57 Å². The van der Waals surface area contributed by atoms with Crippen molar-refractivity contribution < 1.29 is 26.1 Å². The summed E-state index contributed by atoms with van der Waals surface area (Å²) in [6.45, 7) is 2.97. The molecule has 0 spiro atoms. The van der Waals surface area contributed by atoms with Gasteiger partial charge in [0.1, 0.15) is 0 Å². The maximum absolute atomic E-state index is 10.7. The molecule has 5 nitrogen and oxygen atoms in total. The number of alkyl halides is 3. The summed E-state index contributed by atoms with van der Waals surface area (Å²) in [6, 6.07) is 18.3.